The Labute approximate surface area is 273 Å². The Hall–Kier alpha value is -0.842. The minimum Gasteiger partial charge on any atom is -1.00 e. The van der Waals surface area contributed by atoms with Gasteiger partial charge in [0.25, 0.3) is 0 Å². The largest absolute Gasteiger partial charge is 4.00 e. The second-order valence-corrected chi connectivity index (χ2v) is 21.1. The second kappa shape index (κ2) is 13.9. The van der Waals surface area contributed by atoms with Crippen molar-refractivity contribution in [2.24, 2.45) is 0 Å². The molecule has 1 aliphatic rings. The van der Waals surface area contributed by atoms with Crippen molar-refractivity contribution in [2.75, 3.05) is 0 Å². The number of benzene rings is 3. The molecule has 0 amide bonds. The van der Waals surface area contributed by atoms with E-state index >= 15 is 0 Å². The molecule has 0 aliphatic heterocycles. The molecule has 0 radical (unpaired) electrons. The van der Waals surface area contributed by atoms with Gasteiger partial charge in [-0.05, 0) is 36.3 Å². The summed E-state index contributed by atoms with van der Waals surface area (Å²) in [6.07, 6.45) is 4.11. The minimum atomic E-state index is -2.66. The molecule has 0 bridgehead atoms. The van der Waals surface area contributed by atoms with Gasteiger partial charge in [-0.25, -0.2) is 5.57 Å². The van der Waals surface area contributed by atoms with Gasteiger partial charge in [-0.2, -0.15) is 11.1 Å². The van der Waals surface area contributed by atoms with Gasteiger partial charge < -0.3 is 37.2 Å². The average molecular weight is 648 g/mol. The predicted molar refractivity (Wildman–Crippen MR) is 160 cm³/mol. The molecule has 0 nitrogen and oxygen atoms in total. The van der Waals surface area contributed by atoms with E-state index in [0.29, 0.717) is 0 Å². The Kier molecular flexibility index (Phi) is 13.6. The summed E-state index contributed by atoms with van der Waals surface area (Å²) in [5.41, 5.74) is 8.36. The molecule has 0 N–H and O–H groups in total. The van der Waals surface area contributed by atoms with Crippen molar-refractivity contribution in [2.45, 2.75) is 73.1 Å². The van der Waals surface area contributed by atoms with Gasteiger partial charge in [0.2, 0.25) is 0 Å². The fourth-order valence-electron chi connectivity index (χ4n) is 6.40. The van der Waals surface area contributed by atoms with E-state index in [9.17, 15) is 0 Å². The molecular weight excluding hydrogens is 607 g/mol. The Balaban J connectivity index is 0.00000361. The van der Waals surface area contributed by atoms with Gasteiger partial charge in [-0.1, -0.05) is 134 Å². The van der Waals surface area contributed by atoms with Crippen LogP contribution in [0.15, 0.2) is 83.4 Å². The van der Waals surface area contributed by atoms with E-state index in [-0.39, 0.29) is 64.0 Å². The molecule has 0 heterocycles. The fourth-order valence-corrected chi connectivity index (χ4v) is 14.3. The van der Waals surface area contributed by atoms with E-state index in [0.717, 1.165) is 0 Å². The SMILES string of the molecule is CC1=[C-]C(C)([Si](c2ccccc2)(c2cc(C)cc([Si](C)(C)C)c2)c2c(C)cccc2C)C(C)=C1C.[Cl-].[Cl-].[Cl-].[Ti+4]. The van der Waals surface area contributed by atoms with Crippen molar-refractivity contribution >= 4 is 36.9 Å². The van der Waals surface area contributed by atoms with Crippen LogP contribution in [-0.2, 0) is 21.7 Å². The topological polar surface area (TPSA) is 0 Å². The van der Waals surface area contributed by atoms with Gasteiger partial charge in [0, 0.05) is 0 Å². The number of allylic oxidation sites excluding steroid dienone is 4. The van der Waals surface area contributed by atoms with Crippen molar-refractivity contribution < 1.29 is 58.9 Å². The van der Waals surface area contributed by atoms with Crippen molar-refractivity contribution in [1.82, 2.24) is 0 Å². The number of rotatable bonds is 5. The van der Waals surface area contributed by atoms with Crippen LogP contribution in [0.4, 0.5) is 0 Å². The van der Waals surface area contributed by atoms with E-state index in [1.165, 1.54) is 43.8 Å². The van der Waals surface area contributed by atoms with E-state index in [1.54, 1.807) is 10.4 Å². The van der Waals surface area contributed by atoms with Crippen LogP contribution in [0.1, 0.15) is 44.4 Å². The van der Waals surface area contributed by atoms with Crippen molar-refractivity contribution in [3.05, 3.63) is 106 Å². The summed E-state index contributed by atoms with van der Waals surface area (Å²) in [7, 11) is -4.19. The molecule has 0 fully saturated rings. The smallest absolute Gasteiger partial charge is 1.00 e. The Morgan fingerprint density at radius 1 is 0.641 bits per heavy atom. The van der Waals surface area contributed by atoms with E-state index in [4.69, 9.17) is 0 Å². The van der Waals surface area contributed by atoms with Gasteiger partial charge in [0.1, 0.15) is 8.07 Å². The maximum Gasteiger partial charge on any atom is 4.00 e. The third-order valence-corrected chi connectivity index (χ3v) is 16.4. The van der Waals surface area contributed by atoms with Crippen molar-refractivity contribution in [1.29, 1.82) is 0 Å². The molecule has 0 spiro atoms. The summed E-state index contributed by atoms with van der Waals surface area (Å²) in [4.78, 5) is 0. The maximum absolute atomic E-state index is 4.11. The number of hydrogen-bond donors (Lipinski definition) is 0. The first-order chi connectivity index (χ1) is 16.3. The van der Waals surface area contributed by atoms with E-state index in [2.05, 4.69) is 141 Å². The summed E-state index contributed by atoms with van der Waals surface area (Å²) in [5, 5.41) is 5.91. The Bertz CT molecular complexity index is 1340. The molecular formula is C33H41Cl3Si2Ti. The van der Waals surface area contributed by atoms with Gasteiger partial charge in [-0.15, -0.1) is 6.92 Å². The third-order valence-electron chi connectivity index (χ3n) is 8.50. The average Bonchev–Trinajstić information content (AvgIpc) is 2.99. The Morgan fingerprint density at radius 2 is 1.15 bits per heavy atom. The quantitative estimate of drug-likeness (QED) is 0.163. The van der Waals surface area contributed by atoms with Gasteiger partial charge in [0.05, 0.1) is 8.07 Å². The van der Waals surface area contributed by atoms with Crippen LogP contribution < -0.4 is 58.0 Å². The first-order valence-electron chi connectivity index (χ1n) is 12.9. The predicted octanol–water partition coefficient (Wildman–Crippen LogP) is -2.50. The standard InChI is InChI=1S/C33H41Si2.3ClH.Ti/c1-23-19-30(34(8,9)10)21-31(20-23)35(29-17-12-11-13-18-29,32-24(2)15-14-16-25(32)3)33(7)22-26(4)27(5)28(33)6;;;;/h11-21H,1-10H3;3*1H;/q-1;;;;+4/p-3. The summed E-state index contributed by atoms with van der Waals surface area (Å²) in [5.74, 6) is 0. The molecule has 0 saturated heterocycles. The number of halogens is 3. The zero-order valence-corrected chi connectivity index (χ0v) is 30.8. The summed E-state index contributed by atoms with van der Waals surface area (Å²) >= 11 is 0. The van der Waals surface area contributed by atoms with E-state index < -0.39 is 16.1 Å². The first-order valence-corrected chi connectivity index (χ1v) is 18.4. The second-order valence-electron chi connectivity index (χ2n) is 11.8. The molecule has 6 heteroatoms. The summed E-state index contributed by atoms with van der Waals surface area (Å²) in [6, 6.07) is 25.9. The maximum atomic E-state index is 4.11. The van der Waals surface area contributed by atoms with Gasteiger partial charge in [0.15, 0.2) is 0 Å². The molecule has 0 aromatic heterocycles. The summed E-state index contributed by atoms with van der Waals surface area (Å²) in [6.45, 7) is 23.8. The summed E-state index contributed by atoms with van der Waals surface area (Å²) < 4.78 is 0. The fraction of sp³-hybridized carbons (Fsp3) is 0.333. The zero-order chi connectivity index (χ0) is 25.8. The number of aryl methyl sites for hydroxylation is 3. The Morgan fingerprint density at radius 3 is 1.62 bits per heavy atom. The monoisotopic (exact) mass is 646 g/mol. The zero-order valence-electron chi connectivity index (χ0n) is 25.0. The molecule has 2 atom stereocenters. The van der Waals surface area contributed by atoms with Crippen LogP contribution in [0.25, 0.3) is 0 Å². The van der Waals surface area contributed by atoms with Gasteiger partial charge in [-0.3, -0.25) is 6.08 Å². The van der Waals surface area contributed by atoms with Crippen LogP contribution in [-0.4, -0.2) is 16.1 Å². The molecule has 0 saturated carbocycles. The van der Waals surface area contributed by atoms with Crippen LogP contribution >= 0.6 is 0 Å². The van der Waals surface area contributed by atoms with Crippen LogP contribution in [0.3, 0.4) is 0 Å². The minimum absolute atomic E-state index is 0. The molecule has 3 aromatic carbocycles. The first kappa shape index (κ1) is 38.2. The number of hydrogen-bond acceptors (Lipinski definition) is 0. The third kappa shape index (κ3) is 6.33. The van der Waals surface area contributed by atoms with Crippen molar-refractivity contribution in [3.8, 4) is 0 Å². The molecule has 4 rings (SSSR count). The van der Waals surface area contributed by atoms with Crippen LogP contribution in [0.2, 0.25) is 24.7 Å². The molecule has 39 heavy (non-hydrogen) atoms. The van der Waals surface area contributed by atoms with Gasteiger partial charge >= 0.3 is 21.7 Å². The normalized spacial score (nSPS) is 18.1. The molecule has 3 aromatic rings. The van der Waals surface area contributed by atoms with Crippen LogP contribution in [0.5, 0.6) is 0 Å². The van der Waals surface area contributed by atoms with E-state index in [1.807, 2.05) is 0 Å². The molecule has 206 valence electrons. The molecule has 1 aliphatic carbocycles. The van der Waals surface area contributed by atoms with Crippen LogP contribution in [0, 0.1) is 26.8 Å². The molecule has 2 unspecified atom stereocenters. The van der Waals surface area contributed by atoms with Crippen molar-refractivity contribution in [3.63, 3.8) is 0 Å².